The van der Waals surface area contributed by atoms with Crippen LogP contribution in [0.4, 0.5) is 0 Å². The second-order valence-corrected chi connectivity index (χ2v) is 6.15. The molecule has 0 unspecified atom stereocenters. The highest BCUT2D eigenvalue weighted by molar-refractivity contribution is 7.07. The first-order valence-corrected chi connectivity index (χ1v) is 8.12. The molecule has 0 aliphatic carbocycles. The molecule has 0 aliphatic rings. The van der Waals surface area contributed by atoms with Crippen LogP contribution in [0.3, 0.4) is 0 Å². The molecule has 0 aliphatic heterocycles. The number of amides is 1. The van der Waals surface area contributed by atoms with E-state index in [9.17, 15) is 4.79 Å². The molecule has 2 rings (SSSR count). The predicted molar refractivity (Wildman–Crippen MR) is 90.5 cm³/mol. The van der Waals surface area contributed by atoms with Gasteiger partial charge in [0, 0.05) is 6.54 Å². The number of hydrogen-bond acceptors (Lipinski definition) is 4. The van der Waals surface area contributed by atoms with Gasteiger partial charge in [0.25, 0.3) is 0 Å². The van der Waals surface area contributed by atoms with Crippen LogP contribution in [0.15, 0.2) is 41.1 Å². The molecular formula is C17H22N2O2S. The number of nitrogens with one attached hydrogen (secondary N) is 1. The maximum atomic E-state index is 12.1. The van der Waals surface area contributed by atoms with Gasteiger partial charge in [0.1, 0.15) is 5.75 Å². The lowest BCUT2D eigenvalue weighted by molar-refractivity contribution is -0.120. The Morgan fingerprint density at radius 3 is 2.55 bits per heavy atom. The van der Waals surface area contributed by atoms with Crippen molar-refractivity contribution in [2.24, 2.45) is 0 Å². The molecule has 22 heavy (non-hydrogen) atoms. The Morgan fingerprint density at radius 2 is 2.00 bits per heavy atom. The van der Waals surface area contributed by atoms with Crippen LogP contribution in [0.1, 0.15) is 17.2 Å². The van der Waals surface area contributed by atoms with Crippen LogP contribution < -0.4 is 10.1 Å². The van der Waals surface area contributed by atoms with Crippen molar-refractivity contribution in [3.63, 3.8) is 0 Å². The zero-order valence-electron chi connectivity index (χ0n) is 13.2. The number of likely N-dealkylation sites (N-methyl/N-ethyl adjacent to an activating group) is 1. The van der Waals surface area contributed by atoms with Crippen LogP contribution >= 0.6 is 11.3 Å². The lowest BCUT2D eigenvalue weighted by atomic mass is 10.1. The molecule has 1 aromatic carbocycles. The first kappa shape index (κ1) is 16.5. The van der Waals surface area contributed by atoms with E-state index in [-0.39, 0.29) is 11.9 Å². The molecule has 2 aromatic rings. The van der Waals surface area contributed by atoms with Gasteiger partial charge in [0.05, 0.1) is 19.6 Å². The van der Waals surface area contributed by atoms with Crippen molar-refractivity contribution in [3.05, 3.63) is 52.2 Å². The van der Waals surface area contributed by atoms with Crippen LogP contribution in [0.5, 0.6) is 5.75 Å². The standard InChI is InChI=1S/C17H22N2O2S/c1-19(2)16(14-8-9-22-12-14)11-18-17(20)10-13-4-6-15(21-3)7-5-13/h4-9,12,16H,10-11H2,1-3H3,(H,18,20)/t16-/m0/s1. The number of hydrogen-bond donors (Lipinski definition) is 1. The molecule has 0 spiro atoms. The van der Waals surface area contributed by atoms with Crippen LogP contribution in [-0.2, 0) is 11.2 Å². The first-order chi connectivity index (χ1) is 10.6. The second-order valence-electron chi connectivity index (χ2n) is 5.37. The number of thiophene rings is 1. The van der Waals surface area contributed by atoms with E-state index < -0.39 is 0 Å². The van der Waals surface area contributed by atoms with Crippen molar-refractivity contribution in [1.29, 1.82) is 0 Å². The van der Waals surface area contributed by atoms with Crippen LogP contribution in [0, 0.1) is 0 Å². The third kappa shape index (κ3) is 4.58. The molecule has 1 N–H and O–H groups in total. The SMILES string of the molecule is COc1ccc(CC(=O)NC[C@@H](c2ccsc2)N(C)C)cc1. The lowest BCUT2D eigenvalue weighted by Crippen LogP contribution is -2.35. The van der Waals surface area contributed by atoms with Gasteiger partial charge in [-0.25, -0.2) is 0 Å². The highest BCUT2D eigenvalue weighted by atomic mass is 32.1. The molecule has 4 nitrogen and oxygen atoms in total. The summed E-state index contributed by atoms with van der Waals surface area (Å²) in [6.45, 7) is 0.610. The van der Waals surface area contributed by atoms with Gasteiger partial charge >= 0.3 is 0 Å². The summed E-state index contributed by atoms with van der Waals surface area (Å²) in [4.78, 5) is 14.2. The van der Waals surface area contributed by atoms with E-state index in [1.807, 2.05) is 38.4 Å². The van der Waals surface area contributed by atoms with Crippen molar-refractivity contribution in [3.8, 4) is 5.75 Å². The Hall–Kier alpha value is -1.85. The van der Waals surface area contributed by atoms with Gasteiger partial charge in [0.15, 0.2) is 0 Å². The Kier molecular flexibility index (Phi) is 5.98. The Balaban J connectivity index is 1.88. The fourth-order valence-electron chi connectivity index (χ4n) is 2.26. The third-order valence-corrected chi connectivity index (χ3v) is 4.27. The number of ether oxygens (including phenoxy) is 1. The van der Waals surface area contributed by atoms with Gasteiger partial charge in [-0.05, 0) is 54.2 Å². The number of rotatable bonds is 7. The average molecular weight is 318 g/mol. The summed E-state index contributed by atoms with van der Waals surface area (Å²) in [5.41, 5.74) is 2.22. The van der Waals surface area contributed by atoms with E-state index in [0.717, 1.165) is 11.3 Å². The zero-order chi connectivity index (χ0) is 15.9. The third-order valence-electron chi connectivity index (χ3n) is 3.57. The number of benzene rings is 1. The van der Waals surface area contributed by atoms with Crippen molar-refractivity contribution in [2.45, 2.75) is 12.5 Å². The summed E-state index contributed by atoms with van der Waals surface area (Å²) in [6.07, 6.45) is 0.383. The Bertz CT molecular complexity index is 579. The Labute approximate surface area is 135 Å². The number of carbonyl (C=O) groups excluding carboxylic acids is 1. The van der Waals surface area contributed by atoms with Gasteiger partial charge in [-0.3, -0.25) is 4.79 Å². The zero-order valence-corrected chi connectivity index (χ0v) is 14.0. The highest BCUT2D eigenvalue weighted by Gasteiger charge is 2.15. The van der Waals surface area contributed by atoms with E-state index in [0.29, 0.717) is 13.0 Å². The molecule has 0 radical (unpaired) electrons. The number of methoxy groups -OCH3 is 1. The van der Waals surface area contributed by atoms with E-state index in [1.165, 1.54) is 5.56 Å². The van der Waals surface area contributed by atoms with Gasteiger partial charge in [-0.15, -0.1) is 0 Å². The van der Waals surface area contributed by atoms with E-state index >= 15 is 0 Å². The molecule has 0 bridgehead atoms. The molecule has 1 amide bonds. The fourth-order valence-corrected chi connectivity index (χ4v) is 2.97. The molecule has 0 fully saturated rings. The van der Waals surface area contributed by atoms with Gasteiger partial charge < -0.3 is 15.0 Å². The minimum Gasteiger partial charge on any atom is -0.497 e. The average Bonchev–Trinajstić information content (AvgIpc) is 3.02. The smallest absolute Gasteiger partial charge is 0.224 e. The molecular weight excluding hydrogens is 296 g/mol. The van der Waals surface area contributed by atoms with Crippen LogP contribution in [-0.4, -0.2) is 38.6 Å². The molecule has 1 atom stereocenters. The summed E-state index contributed by atoms with van der Waals surface area (Å²) >= 11 is 1.67. The maximum Gasteiger partial charge on any atom is 0.224 e. The second kappa shape index (κ2) is 7.96. The van der Waals surface area contributed by atoms with E-state index in [2.05, 4.69) is 27.0 Å². The molecule has 5 heteroatoms. The van der Waals surface area contributed by atoms with Crippen molar-refractivity contribution < 1.29 is 9.53 Å². The maximum absolute atomic E-state index is 12.1. The molecule has 0 saturated carbocycles. The molecule has 1 heterocycles. The van der Waals surface area contributed by atoms with E-state index in [4.69, 9.17) is 4.74 Å². The summed E-state index contributed by atoms with van der Waals surface area (Å²) in [5.74, 6) is 0.835. The fraction of sp³-hybridized carbons (Fsp3) is 0.353. The largest absolute Gasteiger partial charge is 0.497 e. The quantitative estimate of drug-likeness (QED) is 0.853. The predicted octanol–water partition coefficient (Wildman–Crippen LogP) is 2.72. The van der Waals surface area contributed by atoms with Crippen LogP contribution in [0.25, 0.3) is 0 Å². The van der Waals surface area contributed by atoms with Crippen molar-refractivity contribution in [2.75, 3.05) is 27.7 Å². The monoisotopic (exact) mass is 318 g/mol. The molecule has 1 aromatic heterocycles. The minimum atomic E-state index is 0.0345. The van der Waals surface area contributed by atoms with Crippen molar-refractivity contribution >= 4 is 17.2 Å². The van der Waals surface area contributed by atoms with Gasteiger partial charge in [-0.1, -0.05) is 12.1 Å². The van der Waals surface area contributed by atoms with Gasteiger partial charge in [0.2, 0.25) is 5.91 Å². The summed E-state index contributed by atoms with van der Waals surface area (Å²) in [7, 11) is 5.68. The summed E-state index contributed by atoms with van der Waals surface area (Å²) < 4.78 is 5.12. The first-order valence-electron chi connectivity index (χ1n) is 7.18. The molecule has 0 saturated heterocycles. The molecule has 118 valence electrons. The Morgan fingerprint density at radius 1 is 1.27 bits per heavy atom. The van der Waals surface area contributed by atoms with Crippen LogP contribution in [0.2, 0.25) is 0 Å². The topological polar surface area (TPSA) is 41.6 Å². The van der Waals surface area contributed by atoms with E-state index in [1.54, 1.807) is 18.4 Å². The lowest BCUT2D eigenvalue weighted by Gasteiger charge is -2.24. The van der Waals surface area contributed by atoms with Gasteiger partial charge in [-0.2, -0.15) is 11.3 Å². The van der Waals surface area contributed by atoms with Crippen molar-refractivity contribution in [1.82, 2.24) is 10.2 Å². The number of carbonyl (C=O) groups is 1. The highest BCUT2D eigenvalue weighted by Crippen LogP contribution is 2.20. The number of nitrogens with zero attached hydrogens (tertiary/aromatic N) is 1. The summed E-state index contributed by atoms with van der Waals surface area (Å²) in [6, 6.07) is 9.88. The normalized spacial score (nSPS) is 12.2. The summed E-state index contributed by atoms with van der Waals surface area (Å²) in [5, 5.41) is 7.21. The minimum absolute atomic E-state index is 0.0345.